The zero-order valence-electron chi connectivity index (χ0n) is 14.1. The number of benzene rings is 1. The summed E-state index contributed by atoms with van der Waals surface area (Å²) in [7, 11) is 1.56. The summed E-state index contributed by atoms with van der Waals surface area (Å²) in [6, 6.07) is 7.11. The average molecular weight is 323 g/mol. The van der Waals surface area contributed by atoms with Gasteiger partial charge in [-0.1, -0.05) is 26.8 Å². The van der Waals surface area contributed by atoms with Gasteiger partial charge in [0.1, 0.15) is 11.5 Å². The fourth-order valence-corrected chi connectivity index (χ4v) is 1.76. The summed E-state index contributed by atoms with van der Waals surface area (Å²) < 4.78 is 11.1. The van der Waals surface area contributed by atoms with Gasteiger partial charge in [-0.05, 0) is 18.1 Å². The molecule has 6 heteroatoms. The van der Waals surface area contributed by atoms with Crippen LogP contribution < -0.4 is 9.47 Å². The molecule has 1 unspecified atom stereocenters. The Morgan fingerprint density at radius 2 is 1.78 bits per heavy atom. The molecule has 0 bridgehead atoms. The smallest absolute Gasteiger partial charge is 0.308 e. The predicted octanol–water partition coefficient (Wildman–Crippen LogP) is 2.28. The van der Waals surface area contributed by atoms with Crippen molar-refractivity contribution in [2.24, 2.45) is 11.8 Å². The monoisotopic (exact) mass is 323 g/mol. The van der Waals surface area contributed by atoms with Crippen LogP contribution in [0, 0.1) is 11.8 Å². The molecule has 0 saturated heterocycles. The van der Waals surface area contributed by atoms with E-state index in [1.54, 1.807) is 32.2 Å². The van der Waals surface area contributed by atoms with Gasteiger partial charge in [0, 0.05) is 19.7 Å². The molecular weight excluding hydrogens is 298 g/mol. The number of ether oxygens (including phenoxy) is 2. The second kappa shape index (κ2) is 9.02. The Balaban J connectivity index is 2.49. The molecule has 0 spiro atoms. The normalized spacial score (nSPS) is 11.9. The number of carboxylic acid groups (broad SMARTS) is 1. The summed E-state index contributed by atoms with van der Waals surface area (Å²) in [4.78, 5) is 24.1. The van der Waals surface area contributed by atoms with Gasteiger partial charge in [-0.2, -0.15) is 0 Å². The van der Waals surface area contributed by atoms with Crippen LogP contribution in [0.3, 0.4) is 0 Å². The van der Waals surface area contributed by atoms with E-state index in [2.05, 4.69) is 13.8 Å². The topological polar surface area (TPSA) is 76.1 Å². The van der Waals surface area contributed by atoms with Gasteiger partial charge in [0.15, 0.2) is 6.61 Å². The molecule has 1 aromatic rings. The van der Waals surface area contributed by atoms with Crippen molar-refractivity contribution >= 4 is 11.9 Å². The zero-order valence-corrected chi connectivity index (χ0v) is 14.1. The van der Waals surface area contributed by atoms with Crippen molar-refractivity contribution < 1.29 is 24.2 Å². The van der Waals surface area contributed by atoms with Gasteiger partial charge >= 0.3 is 5.97 Å². The summed E-state index contributed by atoms with van der Waals surface area (Å²) in [6.07, 6.45) is 0. The van der Waals surface area contributed by atoms with Crippen molar-refractivity contribution in [3.8, 4) is 11.5 Å². The van der Waals surface area contributed by atoms with Crippen molar-refractivity contribution in [2.75, 3.05) is 26.8 Å². The molecule has 0 saturated carbocycles. The van der Waals surface area contributed by atoms with Gasteiger partial charge in [-0.25, -0.2) is 0 Å². The number of carbonyl (C=O) groups is 2. The lowest BCUT2D eigenvalue weighted by Crippen LogP contribution is -2.36. The summed E-state index contributed by atoms with van der Waals surface area (Å²) in [5, 5.41) is 8.86. The number of aliphatic carboxylic acids is 1. The van der Waals surface area contributed by atoms with Crippen molar-refractivity contribution in [1.82, 2.24) is 4.90 Å². The maximum atomic E-state index is 12.0. The third-order valence-corrected chi connectivity index (χ3v) is 3.15. The molecule has 0 aromatic heterocycles. The van der Waals surface area contributed by atoms with Gasteiger partial charge < -0.3 is 19.5 Å². The third-order valence-electron chi connectivity index (χ3n) is 3.15. The summed E-state index contributed by atoms with van der Waals surface area (Å²) in [6.45, 7) is 6.30. The lowest BCUT2D eigenvalue weighted by molar-refractivity contribution is -0.143. The van der Waals surface area contributed by atoms with Crippen LogP contribution in [0.4, 0.5) is 0 Å². The molecule has 1 atom stereocenters. The van der Waals surface area contributed by atoms with E-state index >= 15 is 0 Å². The van der Waals surface area contributed by atoms with Crippen molar-refractivity contribution in [2.45, 2.75) is 20.8 Å². The Bertz CT molecular complexity index is 529. The number of hydrogen-bond acceptors (Lipinski definition) is 4. The Hall–Kier alpha value is -2.24. The van der Waals surface area contributed by atoms with Crippen LogP contribution in [-0.2, 0) is 9.59 Å². The van der Waals surface area contributed by atoms with E-state index in [4.69, 9.17) is 14.6 Å². The first-order chi connectivity index (χ1) is 10.8. The van der Waals surface area contributed by atoms with E-state index in [0.29, 0.717) is 24.0 Å². The highest BCUT2D eigenvalue weighted by Crippen LogP contribution is 2.20. The van der Waals surface area contributed by atoms with Crippen LogP contribution >= 0.6 is 0 Å². The van der Waals surface area contributed by atoms with Crippen LogP contribution in [0.25, 0.3) is 0 Å². The number of nitrogens with zero attached hydrogens (tertiary/aromatic N) is 1. The Kier molecular flexibility index (Phi) is 7.38. The number of amides is 1. The van der Waals surface area contributed by atoms with Crippen molar-refractivity contribution in [3.63, 3.8) is 0 Å². The molecule has 1 aromatic carbocycles. The molecule has 0 aliphatic carbocycles. The number of rotatable bonds is 9. The predicted molar refractivity (Wildman–Crippen MR) is 86.7 cm³/mol. The van der Waals surface area contributed by atoms with Crippen LogP contribution in [0.15, 0.2) is 24.3 Å². The highest BCUT2D eigenvalue weighted by molar-refractivity contribution is 5.78. The van der Waals surface area contributed by atoms with E-state index in [-0.39, 0.29) is 19.1 Å². The van der Waals surface area contributed by atoms with Crippen LogP contribution in [0.5, 0.6) is 11.5 Å². The molecule has 0 heterocycles. The van der Waals surface area contributed by atoms with E-state index in [1.807, 2.05) is 6.07 Å². The number of hydrogen-bond donors (Lipinski definition) is 1. The largest absolute Gasteiger partial charge is 0.493 e. The molecule has 6 nitrogen and oxygen atoms in total. The summed E-state index contributed by atoms with van der Waals surface area (Å²) in [5.74, 6) is -0.161. The molecule has 1 rings (SSSR count). The van der Waals surface area contributed by atoms with E-state index in [0.717, 1.165) is 0 Å². The highest BCUT2D eigenvalue weighted by atomic mass is 16.5. The first kappa shape index (κ1) is 18.8. The first-order valence-corrected chi connectivity index (χ1v) is 7.62. The van der Waals surface area contributed by atoms with Crippen LogP contribution in [-0.4, -0.2) is 48.7 Å². The van der Waals surface area contributed by atoms with E-state index in [9.17, 15) is 9.59 Å². The Morgan fingerprint density at radius 3 is 2.35 bits per heavy atom. The average Bonchev–Trinajstić information content (AvgIpc) is 2.50. The fourth-order valence-electron chi connectivity index (χ4n) is 1.76. The van der Waals surface area contributed by atoms with Gasteiger partial charge in [-0.3, -0.25) is 9.59 Å². The van der Waals surface area contributed by atoms with E-state index in [1.165, 1.54) is 4.90 Å². The lowest BCUT2D eigenvalue weighted by Gasteiger charge is -2.19. The lowest BCUT2D eigenvalue weighted by atomic mass is 10.2. The molecule has 23 heavy (non-hydrogen) atoms. The fraction of sp³-hybridized carbons (Fsp3) is 0.529. The minimum absolute atomic E-state index is 0.142. The van der Waals surface area contributed by atoms with Gasteiger partial charge in [-0.15, -0.1) is 0 Å². The number of likely N-dealkylation sites (N-methyl/N-ethyl adjacent to an activating group) is 1. The standard InChI is InChI=1S/C17H25NO5/c1-12(2)10-22-14-6-5-7-15(8-14)23-11-16(19)18(4)9-13(3)17(20)21/h5-8,12-13H,9-11H2,1-4H3,(H,20,21). The second-order valence-corrected chi connectivity index (χ2v) is 5.98. The summed E-state index contributed by atoms with van der Waals surface area (Å²) >= 11 is 0. The zero-order chi connectivity index (χ0) is 17.4. The SMILES string of the molecule is CC(C)COc1cccc(OCC(=O)N(C)CC(C)C(=O)O)c1. The molecule has 0 aliphatic heterocycles. The number of carbonyl (C=O) groups excluding carboxylic acids is 1. The molecule has 0 fully saturated rings. The molecule has 0 radical (unpaired) electrons. The maximum Gasteiger partial charge on any atom is 0.308 e. The minimum Gasteiger partial charge on any atom is -0.493 e. The van der Waals surface area contributed by atoms with Gasteiger partial charge in [0.05, 0.1) is 12.5 Å². The summed E-state index contributed by atoms with van der Waals surface area (Å²) in [5.41, 5.74) is 0. The van der Waals surface area contributed by atoms with Crippen molar-refractivity contribution in [1.29, 1.82) is 0 Å². The molecule has 0 aliphatic rings. The number of carboxylic acids is 1. The Morgan fingerprint density at radius 1 is 1.17 bits per heavy atom. The first-order valence-electron chi connectivity index (χ1n) is 7.62. The molecular formula is C17H25NO5. The minimum atomic E-state index is -0.930. The highest BCUT2D eigenvalue weighted by Gasteiger charge is 2.17. The quantitative estimate of drug-likeness (QED) is 0.754. The van der Waals surface area contributed by atoms with Crippen LogP contribution in [0.2, 0.25) is 0 Å². The Labute approximate surface area is 137 Å². The molecule has 1 amide bonds. The molecule has 1 N–H and O–H groups in total. The van der Waals surface area contributed by atoms with Gasteiger partial charge in [0.2, 0.25) is 0 Å². The molecule has 128 valence electrons. The second-order valence-electron chi connectivity index (χ2n) is 5.98. The van der Waals surface area contributed by atoms with E-state index < -0.39 is 11.9 Å². The van der Waals surface area contributed by atoms with Crippen molar-refractivity contribution in [3.05, 3.63) is 24.3 Å². The van der Waals surface area contributed by atoms with Crippen LogP contribution in [0.1, 0.15) is 20.8 Å². The third kappa shape index (κ3) is 7.04. The maximum absolute atomic E-state index is 12.0. The van der Waals surface area contributed by atoms with Gasteiger partial charge in [0.25, 0.3) is 5.91 Å².